The van der Waals surface area contributed by atoms with Gasteiger partial charge in [0.05, 0.1) is 0 Å². The molecule has 4 rings (SSSR count). The van der Waals surface area contributed by atoms with Gasteiger partial charge in [0, 0.05) is 25.7 Å². The number of nitrogens with zero attached hydrogens (tertiary/aromatic N) is 2. The highest BCUT2D eigenvalue weighted by atomic mass is 19.1. The Balaban J connectivity index is 1.23. The van der Waals surface area contributed by atoms with E-state index in [0.29, 0.717) is 18.5 Å². The van der Waals surface area contributed by atoms with Gasteiger partial charge >= 0.3 is 6.03 Å². The molecule has 4 nitrogen and oxygen atoms in total. The van der Waals surface area contributed by atoms with E-state index in [1.807, 2.05) is 4.90 Å². The molecule has 1 atom stereocenters. The molecule has 2 aliphatic rings. The second-order valence-corrected chi connectivity index (χ2v) is 7.89. The van der Waals surface area contributed by atoms with Crippen LogP contribution >= 0.6 is 0 Å². The second kappa shape index (κ2) is 8.74. The molecular formula is C23H28FN3O. The number of urea groups is 1. The van der Waals surface area contributed by atoms with Crippen LogP contribution in [0.4, 0.5) is 9.18 Å². The van der Waals surface area contributed by atoms with Crippen LogP contribution in [0.1, 0.15) is 36.3 Å². The number of piperidine rings is 1. The topological polar surface area (TPSA) is 35.6 Å². The number of likely N-dealkylation sites (tertiary alicyclic amines) is 2. The van der Waals surface area contributed by atoms with Crippen LogP contribution < -0.4 is 5.32 Å². The lowest BCUT2D eigenvalue weighted by molar-refractivity contribution is 0.151. The number of carbonyl (C=O) groups is 1. The van der Waals surface area contributed by atoms with Crippen molar-refractivity contribution in [2.75, 3.05) is 26.2 Å². The average molecular weight is 381 g/mol. The molecule has 1 unspecified atom stereocenters. The van der Waals surface area contributed by atoms with Crippen molar-refractivity contribution in [2.45, 2.75) is 37.8 Å². The monoisotopic (exact) mass is 381 g/mol. The van der Waals surface area contributed by atoms with Crippen LogP contribution in [0.3, 0.4) is 0 Å². The summed E-state index contributed by atoms with van der Waals surface area (Å²) in [5.41, 5.74) is 2.36. The van der Waals surface area contributed by atoms with Crippen molar-refractivity contribution in [1.82, 2.24) is 15.1 Å². The van der Waals surface area contributed by atoms with E-state index < -0.39 is 0 Å². The first kappa shape index (κ1) is 18.9. The van der Waals surface area contributed by atoms with Crippen molar-refractivity contribution in [1.29, 1.82) is 0 Å². The molecule has 0 spiro atoms. The minimum atomic E-state index is -0.256. The predicted octanol–water partition coefficient (Wildman–Crippen LogP) is 3.99. The largest absolute Gasteiger partial charge is 0.334 e. The fourth-order valence-electron chi connectivity index (χ4n) is 4.44. The quantitative estimate of drug-likeness (QED) is 0.869. The number of carbonyl (C=O) groups excluding carboxylic acids is 1. The maximum absolute atomic E-state index is 13.0. The first-order chi connectivity index (χ1) is 13.7. The zero-order chi connectivity index (χ0) is 19.3. The molecule has 0 bridgehead atoms. The van der Waals surface area contributed by atoms with Gasteiger partial charge in [-0.1, -0.05) is 42.5 Å². The highest BCUT2D eigenvalue weighted by Gasteiger charge is 2.32. The molecule has 2 aromatic carbocycles. The number of benzene rings is 2. The Labute approximate surface area is 166 Å². The molecule has 28 heavy (non-hydrogen) atoms. The molecule has 2 aliphatic heterocycles. The molecule has 2 heterocycles. The Morgan fingerprint density at radius 3 is 2.39 bits per heavy atom. The maximum atomic E-state index is 13.0. The smallest absolute Gasteiger partial charge is 0.317 e. The highest BCUT2D eigenvalue weighted by Crippen LogP contribution is 2.30. The molecule has 5 heteroatoms. The van der Waals surface area contributed by atoms with Gasteiger partial charge in [-0.25, -0.2) is 9.18 Å². The van der Waals surface area contributed by atoms with Gasteiger partial charge in [-0.2, -0.15) is 0 Å². The Hall–Kier alpha value is -2.40. The average Bonchev–Trinajstić information content (AvgIpc) is 3.24. The van der Waals surface area contributed by atoms with Crippen molar-refractivity contribution < 1.29 is 9.18 Å². The lowest BCUT2D eigenvalue weighted by atomic mass is 9.89. The van der Waals surface area contributed by atoms with Crippen molar-refractivity contribution in [3.8, 4) is 0 Å². The van der Waals surface area contributed by atoms with Crippen molar-refractivity contribution in [2.24, 2.45) is 0 Å². The van der Waals surface area contributed by atoms with Gasteiger partial charge in [0.15, 0.2) is 0 Å². The van der Waals surface area contributed by atoms with E-state index >= 15 is 0 Å². The first-order valence-corrected chi connectivity index (χ1v) is 10.3. The van der Waals surface area contributed by atoms with E-state index in [9.17, 15) is 9.18 Å². The Morgan fingerprint density at radius 1 is 0.964 bits per heavy atom. The number of nitrogens with one attached hydrogen (secondary N) is 1. The summed E-state index contributed by atoms with van der Waals surface area (Å²) in [6.45, 7) is 4.25. The van der Waals surface area contributed by atoms with Gasteiger partial charge in [0.1, 0.15) is 5.82 Å². The van der Waals surface area contributed by atoms with E-state index in [2.05, 4.69) is 40.5 Å². The summed E-state index contributed by atoms with van der Waals surface area (Å²) in [6, 6.07) is 17.5. The summed E-state index contributed by atoms with van der Waals surface area (Å²) in [5.74, 6) is 0.405. The van der Waals surface area contributed by atoms with Crippen LogP contribution in [0, 0.1) is 5.82 Å². The van der Waals surface area contributed by atoms with Crippen LogP contribution in [-0.4, -0.2) is 48.1 Å². The molecule has 0 radical (unpaired) electrons. The van der Waals surface area contributed by atoms with E-state index in [1.165, 1.54) is 30.5 Å². The van der Waals surface area contributed by atoms with Crippen molar-refractivity contribution in [3.63, 3.8) is 0 Å². The predicted molar refractivity (Wildman–Crippen MR) is 109 cm³/mol. The van der Waals surface area contributed by atoms with Crippen molar-refractivity contribution in [3.05, 3.63) is 71.5 Å². The van der Waals surface area contributed by atoms with E-state index in [4.69, 9.17) is 0 Å². The third-order valence-corrected chi connectivity index (χ3v) is 6.12. The van der Waals surface area contributed by atoms with E-state index in [0.717, 1.165) is 38.2 Å². The number of hydrogen-bond donors (Lipinski definition) is 1. The minimum absolute atomic E-state index is 0.0222. The fraction of sp³-hybridized carbons (Fsp3) is 0.435. The zero-order valence-electron chi connectivity index (χ0n) is 16.2. The Morgan fingerprint density at radius 2 is 1.68 bits per heavy atom. The third-order valence-electron chi connectivity index (χ3n) is 6.12. The highest BCUT2D eigenvalue weighted by molar-refractivity contribution is 5.74. The molecule has 2 aromatic rings. The van der Waals surface area contributed by atoms with Crippen LogP contribution in [0.15, 0.2) is 54.6 Å². The van der Waals surface area contributed by atoms with E-state index in [-0.39, 0.29) is 11.8 Å². The van der Waals surface area contributed by atoms with Gasteiger partial charge in [-0.3, -0.25) is 4.90 Å². The van der Waals surface area contributed by atoms with Gasteiger partial charge < -0.3 is 10.2 Å². The summed E-state index contributed by atoms with van der Waals surface area (Å²) < 4.78 is 13.0. The zero-order valence-corrected chi connectivity index (χ0v) is 16.2. The first-order valence-electron chi connectivity index (χ1n) is 10.3. The van der Waals surface area contributed by atoms with Gasteiger partial charge in [-0.15, -0.1) is 0 Å². The lowest BCUT2D eigenvalue weighted by Crippen LogP contribution is -2.44. The third kappa shape index (κ3) is 4.53. The standard InChI is InChI=1S/C23H28FN3O/c24-21-8-6-18(7-9-21)16-25-23(28)27-15-12-22(17-27)26-13-10-20(11-14-26)19-4-2-1-3-5-19/h1-9,20,22H,10-17H2,(H,25,28). The summed E-state index contributed by atoms with van der Waals surface area (Å²) >= 11 is 0. The Bertz CT molecular complexity index is 772. The van der Waals surface area contributed by atoms with Gasteiger partial charge in [-0.05, 0) is 61.5 Å². The number of rotatable bonds is 4. The SMILES string of the molecule is O=C(NCc1ccc(F)cc1)N1CCC(N2CCC(c3ccccc3)CC2)C1. The summed E-state index contributed by atoms with van der Waals surface area (Å²) in [4.78, 5) is 16.9. The molecule has 1 N–H and O–H groups in total. The molecule has 2 fully saturated rings. The molecule has 0 aliphatic carbocycles. The lowest BCUT2D eigenvalue weighted by Gasteiger charge is -2.36. The van der Waals surface area contributed by atoms with Gasteiger partial charge in [0.2, 0.25) is 0 Å². The molecule has 2 saturated heterocycles. The summed E-state index contributed by atoms with van der Waals surface area (Å²) in [5, 5.41) is 2.96. The number of hydrogen-bond acceptors (Lipinski definition) is 2. The summed E-state index contributed by atoms with van der Waals surface area (Å²) in [7, 11) is 0. The molecule has 148 valence electrons. The molecule has 2 amide bonds. The normalized spacial score (nSPS) is 21.0. The minimum Gasteiger partial charge on any atom is -0.334 e. The van der Waals surface area contributed by atoms with Gasteiger partial charge in [0.25, 0.3) is 0 Å². The molecule has 0 aromatic heterocycles. The van der Waals surface area contributed by atoms with Crippen LogP contribution in [0.2, 0.25) is 0 Å². The number of amides is 2. The van der Waals surface area contributed by atoms with E-state index in [1.54, 1.807) is 12.1 Å². The fourth-order valence-corrected chi connectivity index (χ4v) is 4.44. The second-order valence-electron chi connectivity index (χ2n) is 7.89. The van der Waals surface area contributed by atoms with Crippen LogP contribution in [0.5, 0.6) is 0 Å². The maximum Gasteiger partial charge on any atom is 0.317 e. The molecule has 0 saturated carbocycles. The Kier molecular flexibility index (Phi) is 5.91. The van der Waals surface area contributed by atoms with Crippen LogP contribution in [-0.2, 0) is 6.54 Å². The molecular weight excluding hydrogens is 353 g/mol. The van der Waals surface area contributed by atoms with Crippen LogP contribution in [0.25, 0.3) is 0 Å². The van der Waals surface area contributed by atoms with Crippen molar-refractivity contribution >= 4 is 6.03 Å². The summed E-state index contributed by atoms with van der Waals surface area (Å²) in [6.07, 6.45) is 3.43. The number of halogens is 1.